The highest BCUT2D eigenvalue weighted by atomic mass is 16.6. The van der Waals surface area contributed by atoms with Crippen LogP contribution in [0.15, 0.2) is 0 Å². The molecule has 23 heavy (non-hydrogen) atoms. The highest BCUT2D eigenvalue weighted by Crippen LogP contribution is 2.49. The van der Waals surface area contributed by atoms with Crippen molar-refractivity contribution in [3.05, 3.63) is 0 Å². The summed E-state index contributed by atoms with van der Waals surface area (Å²) in [7, 11) is 0. The molecule has 0 bridgehead atoms. The van der Waals surface area contributed by atoms with E-state index in [1.807, 2.05) is 0 Å². The van der Waals surface area contributed by atoms with Crippen molar-refractivity contribution in [1.82, 2.24) is 4.90 Å². The van der Waals surface area contributed by atoms with Crippen molar-refractivity contribution in [2.45, 2.75) is 58.0 Å². The Hall–Kier alpha value is -1.43. The summed E-state index contributed by atoms with van der Waals surface area (Å²) < 4.78 is 10.3. The number of carbonyl (C=O) groups excluding carboxylic acids is 3. The van der Waals surface area contributed by atoms with Crippen molar-refractivity contribution < 1.29 is 23.9 Å². The quantitative estimate of drug-likeness (QED) is 0.574. The average molecular weight is 323 g/mol. The molecule has 0 radical (unpaired) electrons. The Morgan fingerprint density at radius 1 is 1.17 bits per heavy atom. The fourth-order valence-corrected chi connectivity index (χ4v) is 4.63. The smallest absolute Gasteiger partial charge is 0.323 e. The van der Waals surface area contributed by atoms with Gasteiger partial charge in [-0.1, -0.05) is 0 Å². The number of esters is 2. The van der Waals surface area contributed by atoms with E-state index in [1.165, 1.54) is 0 Å². The summed E-state index contributed by atoms with van der Waals surface area (Å²) in [4.78, 5) is 40.1. The highest BCUT2D eigenvalue weighted by Gasteiger charge is 2.60. The topological polar surface area (TPSA) is 72.9 Å². The molecule has 0 N–H and O–H groups in total. The van der Waals surface area contributed by atoms with Crippen LogP contribution in [0.2, 0.25) is 0 Å². The Morgan fingerprint density at radius 2 is 1.83 bits per heavy atom. The summed E-state index contributed by atoms with van der Waals surface area (Å²) in [6.07, 6.45) is 3.27. The second-order valence-corrected chi connectivity index (χ2v) is 6.74. The first kappa shape index (κ1) is 16.4. The van der Waals surface area contributed by atoms with Crippen LogP contribution in [0.3, 0.4) is 0 Å². The first-order valence-corrected chi connectivity index (χ1v) is 8.69. The van der Waals surface area contributed by atoms with E-state index in [9.17, 15) is 14.4 Å². The Balaban J connectivity index is 1.87. The molecule has 0 unspecified atom stereocenters. The molecule has 2 saturated heterocycles. The number of Topliss-reactive ketones (excluding diaryl/α,β-unsaturated/α-hetero) is 1. The van der Waals surface area contributed by atoms with Crippen molar-refractivity contribution >= 4 is 17.7 Å². The molecule has 0 aromatic carbocycles. The summed E-state index contributed by atoms with van der Waals surface area (Å²) in [5.74, 6) is -1.11. The lowest BCUT2D eigenvalue weighted by Crippen LogP contribution is -2.50. The highest BCUT2D eigenvalue weighted by molar-refractivity contribution is 6.01. The zero-order valence-corrected chi connectivity index (χ0v) is 13.9. The lowest BCUT2D eigenvalue weighted by Gasteiger charge is -2.39. The zero-order chi connectivity index (χ0) is 16.6. The van der Waals surface area contributed by atoms with Gasteiger partial charge in [0.05, 0.1) is 19.3 Å². The van der Waals surface area contributed by atoms with E-state index in [4.69, 9.17) is 9.47 Å². The molecular formula is C17H25NO5. The lowest BCUT2D eigenvalue weighted by molar-refractivity contribution is -0.176. The van der Waals surface area contributed by atoms with Crippen LogP contribution in [0.5, 0.6) is 0 Å². The number of rotatable bonds is 4. The van der Waals surface area contributed by atoms with E-state index >= 15 is 0 Å². The van der Waals surface area contributed by atoms with E-state index in [-0.39, 0.29) is 43.4 Å². The standard InChI is InChI=1S/C17H25NO5/c1-3-22-15(20)17(16(21)23-4-2)8-7-12-11(10-17)14(19)13-6-5-9-18(12)13/h11-13H,3-10H2,1-2H3/t11-,12-,13+/m1/s1. The molecule has 6 heteroatoms. The van der Waals surface area contributed by atoms with E-state index < -0.39 is 17.4 Å². The zero-order valence-electron chi connectivity index (χ0n) is 13.9. The number of carbonyl (C=O) groups is 3. The molecule has 0 aromatic rings. The number of ether oxygens (including phenoxy) is 2. The van der Waals surface area contributed by atoms with Gasteiger partial charge in [0.1, 0.15) is 0 Å². The van der Waals surface area contributed by atoms with Gasteiger partial charge >= 0.3 is 11.9 Å². The van der Waals surface area contributed by atoms with Crippen LogP contribution in [0.25, 0.3) is 0 Å². The molecular weight excluding hydrogens is 298 g/mol. The van der Waals surface area contributed by atoms with Gasteiger partial charge in [-0.05, 0) is 52.5 Å². The summed E-state index contributed by atoms with van der Waals surface area (Å²) in [5.41, 5.74) is -1.30. The third kappa shape index (κ3) is 2.47. The van der Waals surface area contributed by atoms with Gasteiger partial charge in [0.25, 0.3) is 0 Å². The molecule has 2 aliphatic heterocycles. The number of nitrogens with zero attached hydrogens (tertiary/aromatic N) is 1. The molecule has 3 atom stereocenters. The summed E-state index contributed by atoms with van der Waals surface area (Å²) in [6, 6.07) is 0.164. The van der Waals surface area contributed by atoms with E-state index in [1.54, 1.807) is 13.8 Å². The predicted molar refractivity (Wildman–Crippen MR) is 81.6 cm³/mol. The normalized spacial score (nSPS) is 32.3. The Morgan fingerprint density at radius 3 is 2.43 bits per heavy atom. The van der Waals surface area contributed by atoms with Crippen molar-refractivity contribution in [3.8, 4) is 0 Å². The summed E-state index contributed by atoms with van der Waals surface area (Å²) in [6.45, 7) is 4.83. The predicted octanol–water partition coefficient (Wildman–Crippen LogP) is 1.31. The molecule has 3 aliphatic rings. The van der Waals surface area contributed by atoms with Crippen LogP contribution in [0, 0.1) is 11.3 Å². The lowest BCUT2D eigenvalue weighted by atomic mass is 9.67. The molecule has 0 spiro atoms. The van der Waals surface area contributed by atoms with E-state index in [0.717, 1.165) is 19.4 Å². The second kappa shape index (κ2) is 6.23. The number of ketones is 1. The van der Waals surface area contributed by atoms with Crippen molar-refractivity contribution in [1.29, 1.82) is 0 Å². The fraction of sp³-hybridized carbons (Fsp3) is 0.824. The van der Waals surface area contributed by atoms with Crippen LogP contribution in [0.4, 0.5) is 0 Å². The van der Waals surface area contributed by atoms with Gasteiger partial charge in [-0.15, -0.1) is 0 Å². The number of fused-ring (bicyclic) bond motifs is 3. The van der Waals surface area contributed by atoms with Gasteiger partial charge in [-0.2, -0.15) is 0 Å². The number of hydrogen-bond acceptors (Lipinski definition) is 6. The molecule has 0 aromatic heterocycles. The van der Waals surface area contributed by atoms with Gasteiger partial charge in [0.15, 0.2) is 11.2 Å². The fourth-order valence-electron chi connectivity index (χ4n) is 4.63. The van der Waals surface area contributed by atoms with E-state index in [0.29, 0.717) is 12.8 Å². The minimum absolute atomic E-state index is 0.00908. The van der Waals surface area contributed by atoms with Gasteiger partial charge < -0.3 is 9.47 Å². The maximum atomic E-state index is 12.7. The number of hydrogen-bond donors (Lipinski definition) is 0. The maximum absolute atomic E-state index is 12.7. The van der Waals surface area contributed by atoms with Crippen molar-refractivity contribution in [2.75, 3.05) is 19.8 Å². The average Bonchev–Trinajstić information content (AvgIpc) is 3.11. The molecule has 2 heterocycles. The first-order valence-electron chi connectivity index (χ1n) is 8.69. The van der Waals surface area contributed by atoms with Gasteiger partial charge in [0, 0.05) is 12.0 Å². The van der Waals surface area contributed by atoms with Gasteiger partial charge in [0.2, 0.25) is 0 Å². The SMILES string of the molecule is CCOC(=O)C1(C(=O)OCC)CC[C@@H]2[C@@H](C1)C(=O)[C@@H]1CCCN21. The Kier molecular flexibility index (Phi) is 4.45. The van der Waals surface area contributed by atoms with Gasteiger partial charge in [-0.3, -0.25) is 19.3 Å². The minimum Gasteiger partial charge on any atom is -0.465 e. The molecule has 6 nitrogen and oxygen atoms in total. The van der Waals surface area contributed by atoms with Crippen LogP contribution in [-0.4, -0.2) is 54.5 Å². The molecule has 0 amide bonds. The third-order valence-corrected chi connectivity index (χ3v) is 5.65. The molecule has 128 valence electrons. The second-order valence-electron chi connectivity index (χ2n) is 6.74. The van der Waals surface area contributed by atoms with E-state index in [2.05, 4.69) is 4.90 Å². The monoisotopic (exact) mass is 323 g/mol. The Bertz CT molecular complexity index is 499. The molecule has 3 fully saturated rings. The summed E-state index contributed by atoms with van der Waals surface area (Å²) >= 11 is 0. The summed E-state index contributed by atoms with van der Waals surface area (Å²) in [5, 5.41) is 0. The van der Waals surface area contributed by atoms with Gasteiger partial charge in [-0.25, -0.2) is 0 Å². The minimum atomic E-state index is -1.30. The molecule has 3 rings (SSSR count). The van der Waals surface area contributed by atoms with Crippen LogP contribution < -0.4 is 0 Å². The van der Waals surface area contributed by atoms with Crippen molar-refractivity contribution in [2.24, 2.45) is 11.3 Å². The molecule has 1 saturated carbocycles. The maximum Gasteiger partial charge on any atom is 0.323 e. The largest absolute Gasteiger partial charge is 0.465 e. The first-order chi connectivity index (χ1) is 11.0. The van der Waals surface area contributed by atoms with Crippen LogP contribution in [-0.2, 0) is 23.9 Å². The molecule has 1 aliphatic carbocycles. The third-order valence-electron chi connectivity index (χ3n) is 5.65. The van der Waals surface area contributed by atoms with Crippen LogP contribution in [0.1, 0.15) is 46.0 Å². The van der Waals surface area contributed by atoms with Crippen LogP contribution >= 0.6 is 0 Å². The Labute approximate surface area is 136 Å². The van der Waals surface area contributed by atoms with Crippen molar-refractivity contribution in [3.63, 3.8) is 0 Å².